The molecule has 2 aromatic rings. The van der Waals surface area contributed by atoms with E-state index in [0.717, 1.165) is 6.07 Å². The van der Waals surface area contributed by atoms with Crippen LogP contribution in [0.25, 0.3) is 0 Å². The van der Waals surface area contributed by atoms with Gasteiger partial charge in [-0.2, -0.15) is 5.26 Å². The van der Waals surface area contributed by atoms with Crippen LogP contribution in [-0.2, 0) is 6.61 Å². The molecule has 6 heteroatoms. The highest BCUT2D eigenvalue weighted by atomic mass is 19.1. The maximum Gasteiger partial charge on any atom is 0.335 e. The van der Waals surface area contributed by atoms with E-state index in [9.17, 15) is 9.18 Å². The zero-order valence-electron chi connectivity index (χ0n) is 10.8. The molecule has 0 aliphatic carbocycles. The first-order chi connectivity index (χ1) is 10.0. The summed E-state index contributed by atoms with van der Waals surface area (Å²) in [7, 11) is 0. The molecule has 0 saturated carbocycles. The SMILES string of the molecule is N#Cc1ccc(COc2ccc(C(=O)O)cc2N)c(F)c1. The Balaban J connectivity index is 2.13. The van der Waals surface area contributed by atoms with E-state index < -0.39 is 11.8 Å². The molecule has 0 saturated heterocycles. The summed E-state index contributed by atoms with van der Waals surface area (Å²) in [5, 5.41) is 17.5. The highest BCUT2D eigenvalue weighted by Crippen LogP contribution is 2.24. The molecule has 0 aliphatic rings. The van der Waals surface area contributed by atoms with Crippen LogP contribution in [0.1, 0.15) is 21.5 Å². The van der Waals surface area contributed by atoms with Gasteiger partial charge in [-0.1, -0.05) is 6.07 Å². The lowest BCUT2D eigenvalue weighted by atomic mass is 10.1. The Bertz CT molecular complexity index is 738. The summed E-state index contributed by atoms with van der Waals surface area (Å²) in [6, 6.07) is 9.94. The van der Waals surface area contributed by atoms with Crippen molar-refractivity contribution in [1.29, 1.82) is 5.26 Å². The number of ether oxygens (including phenoxy) is 1. The van der Waals surface area contributed by atoms with Crippen LogP contribution in [0.15, 0.2) is 36.4 Å². The van der Waals surface area contributed by atoms with Gasteiger partial charge in [-0.05, 0) is 30.3 Å². The van der Waals surface area contributed by atoms with E-state index >= 15 is 0 Å². The van der Waals surface area contributed by atoms with Gasteiger partial charge < -0.3 is 15.6 Å². The number of halogens is 1. The number of carboxylic acids is 1. The lowest BCUT2D eigenvalue weighted by molar-refractivity contribution is 0.0697. The number of rotatable bonds is 4. The van der Waals surface area contributed by atoms with Crippen molar-refractivity contribution in [3.05, 3.63) is 58.9 Å². The second-order valence-corrected chi connectivity index (χ2v) is 4.26. The molecule has 2 aromatic carbocycles. The third-order valence-electron chi connectivity index (χ3n) is 2.82. The first kappa shape index (κ1) is 14.3. The number of benzene rings is 2. The van der Waals surface area contributed by atoms with Gasteiger partial charge in [0.25, 0.3) is 0 Å². The average Bonchev–Trinajstić information content (AvgIpc) is 2.46. The Morgan fingerprint density at radius 1 is 1.33 bits per heavy atom. The summed E-state index contributed by atoms with van der Waals surface area (Å²) in [5.41, 5.74) is 6.38. The summed E-state index contributed by atoms with van der Waals surface area (Å²) in [6.45, 7) is -0.0752. The minimum absolute atomic E-state index is 0.0457. The van der Waals surface area contributed by atoms with Crippen LogP contribution in [0.3, 0.4) is 0 Å². The molecule has 3 N–H and O–H groups in total. The summed E-state index contributed by atoms with van der Waals surface area (Å²) in [6.07, 6.45) is 0. The van der Waals surface area contributed by atoms with Crippen LogP contribution < -0.4 is 10.5 Å². The van der Waals surface area contributed by atoms with E-state index in [1.807, 2.05) is 6.07 Å². The van der Waals surface area contributed by atoms with Crippen molar-refractivity contribution in [2.45, 2.75) is 6.61 Å². The molecule has 0 atom stereocenters. The lowest BCUT2D eigenvalue weighted by Crippen LogP contribution is -2.03. The molecule has 106 valence electrons. The first-order valence-corrected chi connectivity index (χ1v) is 5.95. The van der Waals surface area contributed by atoms with E-state index in [1.165, 1.54) is 30.3 Å². The molecule has 0 radical (unpaired) electrons. The Morgan fingerprint density at radius 2 is 2.10 bits per heavy atom. The predicted octanol–water partition coefficient (Wildman–Crippen LogP) is 2.56. The van der Waals surface area contributed by atoms with Crippen molar-refractivity contribution in [3.63, 3.8) is 0 Å². The molecule has 5 nitrogen and oxygen atoms in total. The number of anilines is 1. The van der Waals surface area contributed by atoms with E-state index in [2.05, 4.69) is 0 Å². The number of nitrogen functional groups attached to an aromatic ring is 1. The van der Waals surface area contributed by atoms with E-state index in [4.69, 9.17) is 20.8 Å². The van der Waals surface area contributed by atoms with Crippen LogP contribution in [0, 0.1) is 17.1 Å². The molecular formula is C15H11FN2O3. The molecule has 21 heavy (non-hydrogen) atoms. The average molecular weight is 286 g/mol. The third-order valence-corrected chi connectivity index (χ3v) is 2.82. The monoisotopic (exact) mass is 286 g/mol. The van der Waals surface area contributed by atoms with E-state index in [0.29, 0.717) is 0 Å². The van der Waals surface area contributed by atoms with Crippen LogP contribution >= 0.6 is 0 Å². The highest BCUT2D eigenvalue weighted by molar-refractivity contribution is 5.89. The van der Waals surface area contributed by atoms with Crippen molar-refractivity contribution in [1.82, 2.24) is 0 Å². The first-order valence-electron chi connectivity index (χ1n) is 5.95. The number of aromatic carboxylic acids is 1. The van der Waals surface area contributed by atoms with Gasteiger partial charge in [-0.3, -0.25) is 0 Å². The fourth-order valence-electron chi connectivity index (χ4n) is 1.70. The molecule has 0 unspecified atom stereocenters. The zero-order chi connectivity index (χ0) is 15.4. The van der Waals surface area contributed by atoms with E-state index in [1.54, 1.807) is 0 Å². The quantitative estimate of drug-likeness (QED) is 0.842. The number of nitriles is 1. The summed E-state index contributed by atoms with van der Waals surface area (Å²) in [4.78, 5) is 10.8. The van der Waals surface area contributed by atoms with Gasteiger partial charge in [-0.15, -0.1) is 0 Å². The van der Waals surface area contributed by atoms with Gasteiger partial charge >= 0.3 is 5.97 Å². The minimum atomic E-state index is -1.09. The third kappa shape index (κ3) is 3.28. The number of carbonyl (C=O) groups is 1. The Morgan fingerprint density at radius 3 is 2.67 bits per heavy atom. The molecule has 2 rings (SSSR count). The van der Waals surface area contributed by atoms with Crippen LogP contribution in [-0.4, -0.2) is 11.1 Å². The molecule has 0 spiro atoms. The van der Waals surface area contributed by atoms with Crippen molar-refractivity contribution < 1.29 is 19.0 Å². The molecule has 0 bridgehead atoms. The van der Waals surface area contributed by atoms with Gasteiger partial charge in [0, 0.05) is 5.56 Å². The fourth-order valence-corrected chi connectivity index (χ4v) is 1.70. The number of hydrogen-bond donors (Lipinski definition) is 2. The van der Waals surface area contributed by atoms with Gasteiger partial charge in [0.15, 0.2) is 0 Å². The van der Waals surface area contributed by atoms with Gasteiger partial charge in [0.2, 0.25) is 0 Å². The maximum absolute atomic E-state index is 13.7. The zero-order valence-corrected chi connectivity index (χ0v) is 10.8. The highest BCUT2D eigenvalue weighted by Gasteiger charge is 2.09. The minimum Gasteiger partial charge on any atom is -0.487 e. The molecule has 0 fully saturated rings. The van der Waals surface area contributed by atoms with Crippen molar-refractivity contribution in [2.75, 3.05) is 5.73 Å². The summed E-state index contributed by atoms with van der Waals surface area (Å²) in [5.74, 6) is -1.37. The molecule has 0 aromatic heterocycles. The number of hydrogen-bond acceptors (Lipinski definition) is 4. The topological polar surface area (TPSA) is 96.3 Å². The van der Waals surface area contributed by atoms with Crippen molar-refractivity contribution in [2.24, 2.45) is 0 Å². The Labute approximate surface area is 120 Å². The fraction of sp³-hybridized carbons (Fsp3) is 0.0667. The summed E-state index contributed by atoms with van der Waals surface area (Å²) < 4.78 is 19.0. The van der Waals surface area contributed by atoms with Gasteiger partial charge in [0.1, 0.15) is 18.2 Å². The Kier molecular flexibility index (Phi) is 4.05. The van der Waals surface area contributed by atoms with Crippen LogP contribution in [0.4, 0.5) is 10.1 Å². The molecular weight excluding hydrogens is 275 g/mol. The van der Waals surface area contributed by atoms with Gasteiger partial charge in [-0.25, -0.2) is 9.18 Å². The number of carboxylic acid groups (broad SMARTS) is 1. The second-order valence-electron chi connectivity index (χ2n) is 4.26. The van der Waals surface area contributed by atoms with E-state index in [-0.39, 0.29) is 34.7 Å². The predicted molar refractivity (Wildman–Crippen MR) is 73.3 cm³/mol. The lowest BCUT2D eigenvalue weighted by Gasteiger charge is -2.10. The number of nitrogens with zero attached hydrogens (tertiary/aromatic N) is 1. The molecule has 0 amide bonds. The summed E-state index contributed by atoms with van der Waals surface area (Å²) >= 11 is 0. The molecule has 0 aliphatic heterocycles. The standard InChI is InChI=1S/C15H11FN2O3/c16-12-5-9(7-17)1-2-11(12)8-21-14-4-3-10(15(19)20)6-13(14)18/h1-6H,8,18H2,(H,19,20). The smallest absolute Gasteiger partial charge is 0.335 e. The maximum atomic E-state index is 13.7. The van der Waals surface area contributed by atoms with Crippen LogP contribution in [0.2, 0.25) is 0 Å². The van der Waals surface area contributed by atoms with Crippen molar-refractivity contribution in [3.8, 4) is 11.8 Å². The normalized spacial score (nSPS) is 9.90. The van der Waals surface area contributed by atoms with Crippen LogP contribution in [0.5, 0.6) is 5.75 Å². The Hall–Kier alpha value is -3.07. The van der Waals surface area contributed by atoms with Crippen molar-refractivity contribution >= 4 is 11.7 Å². The molecule has 0 heterocycles. The largest absolute Gasteiger partial charge is 0.487 e. The second kappa shape index (κ2) is 5.92. The van der Waals surface area contributed by atoms with Gasteiger partial charge in [0.05, 0.1) is 22.9 Å². The number of nitrogens with two attached hydrogens (primary N) is 1.